The molecule has 0 bridgehead atoms. The third-order valence-corrected chi connectivity index (χ3v) is 5.18. The first kappa shape index (κ1) is 12.2. The standard InChI is InChI=1S/C14H17ClN2S/c15-12-4-2-1-3-10(12)9-17-14-11-6-8-18-13(11)5-7-16-14/h5-8,10,12H,1-4,9H2,(H,16,17). The van der Waals surface area contributed by atoms with Crippen molar-refractivity contribution in [2.75, 3.05) is 11.9 Å². The van der Waals surface area contributed by atoms with Crippen molar-refractivity contribution in [2.24, 2.45) is 5.92 Å². The number of hydrogen-bond acceptors (Lipinski definition) is 3. The number of pyridine rings is 1. The van der Waals surface area contributed by atoms with Gasteiger partial charge in [-0.05, 0) is 36.3 Å². The summed E-state index contributed by atoms with van der Waals surface area (Å²) >= 11 is 8.15. The van der Waals surface area contributed by atoms with E-state index in [2.05, 4.69) is 27.8 Å². The van der Waals surface area contributed by atoms with Crippen molar-refractivity contribution in [3.63, 3.8) is 0 Å². The smallest absolute Gasteiger partial charge is 0.134 e. The maximum atomic E-state index is 6.39. The zero-order valence-electron chi connectivity index (χ0n) is 10.2. The van der Waals surface area contributed by atoms with Crippen LogP contribution in [0.2, 0.25) is 0 Å². The molecule has 96 valence electrons. The van der Waals surface area contributed by atoms with Crippen molar-refractivity contribution in [2.45, 2.75) is 31.1 Å². The highest BCUT2D eigenvalue weighted by atomic mass is 35.5. The molecule has 0 amide bonds. The summed E-state index contributed by atoms with van der Waals surface area (Å²) in [6.45, 7) is 0.941. The normalized spacial score (nSPS) is 24.3. The second-order valence-corrected chi connectivity index (χ2v) is 6.44. The van der Waals surface area contributed by atoms with Gasteiger partial charge in [0.05, 0.1) is 0 Å². The largest absolute Gasteiger partial charge is 0.369 e. The average molecular weight is 281 g/mol. The van der Waals surface area contributed by atoms with Crippen LogP contribution in [0.4, 0.5) is 5.82 Å². The van der Waals surface area contributed by atoms with Crippen LogP contribution in [-0.4, -0.2) is 16.9 Å². The summed E-state index contributed by atoms with van der Waals surface area (Å²) in [5.74, 6) is 1.58. The molecule has 2 nitrogen and oxygen atoms in total. The number of nitrogens with zero attached hydrogens (tertiary/aromatic N) is 1. The molecule has 1 aliphatic rings. The molecule has 1 aliphatic carbocycles. The van der Waals surface area contributed by atoms with E-state index in [1.807, 2.05) is 6.20 Å². The van der Waals surface area contributed by atoms with Gasteiger partial charge in [-0.3, -0.25) is 0 Å². The highest BCUT2D eigenvalue weighted by Gasteiger charge is 2.22. The van der Waals surface area contributed by atoms with Gasteiger partial charge in [0.25, 0.3) is 0 Å². The molecule has 3 rings (SSSR count). The molecular weight excluding hydrogens is 264 g/mol. The molecule has 0 radical (unpaired) electrons. The number of rotatable bonds is 3. The maximum absolute atomic E-state index is 6.39. The van der Waals surface area contributed by atoms with Crippen molar-refractivity contribution < 1.29 is 0 Å². The lowest BCUT2D eigenvalue weighted by Crippen LogP contribution is -2.26. The number of anilines is 1. The van der Waals surface area contributed by atoms with Crippen LogP contribution in [0.3, 0.4) is 0 Å². The Morgan fingerprint density at radius 3 is 3.11 bits per heavy atom. The van der Waals surface area contributed by atoms with E-state index in [9.17, 15) is 0 Å². The number of thiophene rings is 1. The SMILES string of the molecule is ClC1CCCCC1CNc1nccc2sccc12. The van der Waals surface area contributed by atoms with Crippen LogP contribution < -0.4 is 5.32 Å². The van der Waals surface area contributed by atoms with Crippen molar-refractivity contribution in [3.05, 3.63) is 23.7 Å². The molecule has 2 aromatic rings. The summed E-state index contributed by atoms with van der Waals surface area (Å²) in [6.07, 6.45) is 6.86. The van der Waals surface area contributed by atoms with Crippen LogP contribution in [0.15, 0.2) is 23.7 Å². The van der Waals surface area contributed by atoms with Gasteiger partial charge in [-0.25, -0.2) is 4.98 Å². The lowest BCUT2D eigenvalue weighted by atomic mass is 9.89. The molecule has 2 atom stereocenters. The summed E-state index contributed by atoms with van der Waals surface area (Å²) in [5.41, 5.74) is 0. The Bertz CT molecular complexity index is 525. The molecule has 0 saturated heterocycles. The van der Waals surface area contributed by atoms with Gasteiger partial charge in [-0.1, -0.05) is 12.8 Å². The Balaban J connectivity index is 1.71. The molecule has 1 fully saturated rings. The molecule has 2 unspecified atom stereocenters. The highest BCUT2D eigenvalue weighted by molar-refractivity contribution is 7.17. The molecule has 2 aromatic heterocycles. The van der Waals surface area contributed by atoms with Gasteiger partial charge < -0.3 is 5.32 Å². The first-order valence-corrected chi connectivity index (χ1v) is 7.86. The molecule has 1 saturated carbocycles. The first-order chi connectivity index (χ1) is 8.84. The highest BCUT2D eigenvalue weighted by Crippen LogP contribution is 2.30. The van der Waals surface area contributed by atoms with E-state index < -0.39 is 0 Å². The number of alkyl halides is 1. The van der Waals surface area contributed by atoms with Crippen molar-refractivity contribution >= 4 is 38.8 Å². The van der Waals surface area contributed by atoms with Crippen LogP contribution in [0.25, 0.3) is 10.1 Å². The minimum absolute atomic E-state index is 0.327. The van der Waals surface area contributed by atoms with Crippen molar-refractivity contribution in [1.29, 1.82) is 0 Å². The number of aromatic nitrogens is 1. The quantitative estimate of drug-likeness (QED) is 0.837. The van der Waals surface area contributed by atoms with Gasteiger partial charge >= 0.3 is 0 Å². The fourth-order valence-corrected chi connectivity index (χ4v) is 3.81. The first-order valence-electron chi connectivity index (χ1n) is 6.55. The number of nitrogens with one attached hydrogen (secondary N) is 1. The van der Waals surface area contributed by atoms with E-state index in [0.717, 1.165) is 18.8 Å². The molecule has 0 aliphatic heterocycles. The third kappa shape index (κ3) is 2.47. The van der Waals surface area contributed by atoms with Crippen LogP contribution in [0, 0.1) is 5.92 Å². The molecule has 4 heteroatoms. The average Bonchev–Trinajstić information content (AvgIpc) is 2.86. The van der Waals surface area contributed by atoms with E-state index in [1.165, 1.54) is 29.3 Å². The number of hydrogen-bond donors (Lipinski definition) is 1. The van der Waals surface area contributed by atoms with Gasteiger partial charge in [0.2, 0.25) is 0 Å². The van der Waals surface area contributed by atoms with Gasteiger partial charge in [0.15, 0.2) is 0 Å². The Kier molecular flexibility index (Phi) is 3.71. The molecule has 2 heterocycles. The molecule has 1 N–H and O–H groups in total. The molecular formula is C14H17ClN2S. The Morgan fingerprint density at radius 1 is 1.33 bits per heavy atom. The monoisotopic (exact) mass is 280 g/mol. The van der Waals surface area contributed by atoms with Crippen LogP contribution in [0.5, 0.6) is 0 Å². The van der Waals surface area contributed by atoms with Crippen molar-refractivity contribution in [3.8, 4) is 0 Å². The van der Waals surface area contributed by atoms with E-state index in [-0.39, 0.29) is 0 Å². The predicted octanol–water partition coefficient (Wildman–Crippen LogP) is 4.51. The van der Waals surface area contributed by atoms with E-state index in [0.29, 0.717) is 11.3 Å². The Hall–Kier alpha value is -0.800. The summed E-state index contributed by atoms with van der Waals surface area (Å²) in [7, 11) is 0. The second kappa shape index (κ2) is 5.45. The number of fused-ring (bicyclic) bond motifs is 1. The molecule has 0 aromatic carbocycles. The molecule has 18 heavy (non-hydrogen) atoms. The lowest BCUT2D eigenvalue weighted by molar-refractivity contribution is 0.380. The second-order valence-electron chi connectivity index (χ2n) is 4.93. The summed E-state index contributed by atoms with van der Waals surface area (Å²) in [4.78, 5) is 4.44. The van der Waals surface area contributed by atoms with Crippen molar-refractivity contribution in [1.82, 2.24) is 4.98 Å². The molecule has 0 spiro atoms. The van der Waals surface area contributed by atoms with E-state index >= 15 is 0 Å². The fraction of sp³-hybridized carbons (Fsp3) is 0.500. The topological polar surface area (TPSA) is 24.9 Å². The maximum Gasteiger partial charge on any atom is 0.134 e. The van der Waals surface area contributed by atoms with Crippen LogP contribution >= 0.6 is 22.9 Å². The van der Waals surface area contributed by atoms with Gasteiger partial charge in [0.1, 0.15) is 5.82 Å². The van der Waals surface area contributed by atoms with Gasteiger partial charge in [0, 0.05) is 28.2 Å². The minimum atomic E-state index is 0.327. The zero-order chi connectivity index (χ0) is 12.4. The van der Waals surface area contributed by atoms with E-state index in [1.54, 1.807) is 11.3 Å². The zero-order valence-corrected chi connectivity index (χ0v) is 11.8. The predicted molar refractivity (Wildman–Crippen MR) is 79.7 cm³/mol. The van der Waals surface area contributed by atoms with Gasteiger partial charge in [-0.2, -0.15) is 0 Å². The summed E-state index contributed by atoms with van der Waals surface area (Å²) in [6, 6.07) is 4.20. The van der Waals surface area contributed by atoms with E-state index in [4.69, 9.17) is 11.6 Å². The van der Waals surface area contributed by atoms with Gasteiger partial charge in [-0.15, -0.1) is 22.9 Å². The van der Waals surface area contributed by atoms with Crippen LogP contribution in [0.1, 0.15) is 25.7 Å². The third-order valence-electron chi connectivity index (χ3n) is 3.73. The fourth-order valence-electron chi connectivity index (χ4n) is 2.66. The Morgan fingerprint density at radius 2 is 2.22 bits per heavy atom. The van der Waals surface area contributed by atoms with Crippen LogP contribution in [-0.2, 0) is 0 Å². The number of halogens is 1. The minimum Gasteiger partial charge on any atom is -0.369 e. The Labute approximate surface area is 116 Å². The summed E-state index contributed by atoms with van der Waals surface area (Å²) in [5, 5.41) is 7.15. The summed E-state index contributed by atoms with van der Waals surface area (Å²) < 4.78 is 1.29. The lowest BCUT2D eigenvalue weighted by Gasteiger charge is -2.27.